The molecule has 1 heterocycles. The molecule has 0 unspecified atom stereocenters. The second-order valence-electron chi connectivity index (χ2n) is 4.73. The summed E-state index contributed by atoms with van der Waals surface area (Å²) in [5.74, 6) is -1.54. The van der Waals surface area contributed by atoms with Crippen LogP contribution in [0.3, 0.4) is 0 Å². The lowest BCUT2D eigenvalue weighted by Crippen LogP contribution is -2.02. The number of benzene rings is 2. The van der Waals surface area contributed by atoms with Gasteiger partial charge in [-0.25, -0.2) is 0 Å². The molecule has 3 N–H and O–H groups in total. The van der Waals surface area contributed by atoms with E-state index >= 15 is 0 Å². The fourth-order valence-corrected chi connectivity index (χ4v) is 2.18. The maximum atomic E-state index is 12.1. The van der Waals surface area contributed by atoms with Crippen LogP contribution in [0.1, 0.15) is 5.56 Å². The Labute approximate surface area is 119 Å². The van der Waals surface area contributed by atoms with Gasteiger partial charge in [-0.3, -0.25) is 4.79 Å². The third-order valence-electron chi connectivity index (χ3n) is 3.37. The van der Waals surface area contributed by atoms with E-state index in [0.717, 1.165) is 0 Å². The molecule has 0 saturated carbocycles. The number of phenols is 2. The van der Waals surface area contributed by atoms with Crippen LogP contribution in [0.5, 0.6) is 17.2 Å². The van der Waals surface area contributed by atoms with Crippen LogP contribution < -0.4 is 5.43 Å². The number of hydrogen-bond acceptors (Lipinski definition) is 5. The lowest BCUT2D eigenvalue weighted by atomic mass is 10.1. The Kier molecular flexibility index (Phi) is 2.83. The largest absolute Gasteiger partial charge is 0.504 e. The van der Waals surface area contributed by atoms with Gasteiger partial charge in [0.1, 0.15) is 5.58 Å². The molecule has 0 amide bonds. The van der Waals surface area contributed by atoms with E-state index in [1.807, 2.05) is 0 Å². The molecule has 2 aromatic carbocycles. The molecule has 5 heteroatoms. The minimum absolute atomic E-state index is 0.0541. The van der Waals surface area contributed by atoms with Crippen molar-refractivity contribution < 1.29 is 19.7 Å². The SMILES string of the molecule is Cc1ccc(-c2oc3ccccc3c(=O)c2O)c(O)c1O. The fraction of sp³-hybridized carbons (Fsp3) is 0.0625. The molecule has 0 fully saturated rings. The predicted octanol–water partition coefficient (Wildman–Crippen LogP) is 2.89. The number of hydrogen-bond donors (Lipinski definition) is 3. The maximum absolute atomic E-state index is 12.1. The van der Waals surface area contributed by atoms with Gasteiger partial charge in [0.25, 0.3) is 0 Å². The molecule has 3 rings (SSSR count). The van der Waals surface area contributed by atoms with Crippen molar-refractivity contribution in [2.75, 3.05) is 0 Å². The zero-order valence-electron chi connectivity index (χ0n) is 11.1. The number of rotatable bonds is 1. The molecule has 21 heavy (non-hydrogen) atoms. The van der Waals surface area contributed by atoms with Gasteiger partial charge in [-0.1, -0.05) is 18.2 Å². The average Bonchev–Trinajstić information content (AvgIpc) is 2.49. The summed E-state index contributed by atoms with van der Waals surface area (Å²) in [4.78, 5) is 12.1. The lowest BCUT2D eigenvalue weighted by molar-refractivity contribution is 0.399. The molecule has 0 aliphatic rings. The molecular weight excluding hydrogens is 272 g/mol. The van der Waals surface area contributed by atoms with Crippen LogP contribution in [0.25, 0.3) is 22.3 Å². The van der Waals surface area contributed by atoms with Crippen LogP contribution in [0.15, 0.2) is 45.6 Å². The summed E-state index contributed by atoms with van der Waals surface area (Å²) in [7, 11) is 0. The van der Waals surface area contributed by atoms with Gasteiger partial charge in [-0.2, -0.15) is 0 Å². The highest BCUT2D eigenvalue weighted by Gasteiger charge is 2.20. The van der Waals surface area contributed by atoms with Crippen molar-refractivity contribution in [3.05, 3.63) is 52.2 Å². The molecule has 0 aliphatic heterocycles. The van der Waals surface area contributed by atoms with Crippen LogP contribution in [-0.4, -0.2) is 15.3 Å². The number of fused-ring (bicyclic) bond motifs is 1. The molecule has 0 saturated heterocycles. The second-order valence-corrected chi connectivity index (χ2v) is 4.73. The van der Waals surface area contributed by atoms with Crippen LogP contribution in [0.2, 0.25) is 0 Å². The lowest BCUT2D eigenvalue weighted by Gasteiger charge is -2.09. The number of aryl methyl sites for hydroxylation is 1. The van der Waals surface area contributed by atoms with Gasteiger partial charge in [-0.15, -0.1) is 0 Å². The third-order valence-corrected chi connectivity index (χ3v) is 3.37. The quantitative estimate of drug-likeness (QED) is 0.598. The van der Waals surface area contributed by atoms with Crippen molar-refractivity contribution in [1.29, 1.82) is 0 Å². The molecule has 3 aromatic rings. The van der Waals surface area contributed by atoms with E-state index in [-0.39, 0.29) is 28.0 Å². The van der Waals surface area contributed by atoms with E-state index in [0.29, 0.717) is 5.56 Å². The average molecular weight is 284 g/mol. The number of aromatic hydroxyl groups is 3. The molecule has 0 atom stereocenters. The van der Waals surface area contributed by atoms with Crippen molar-refractivity contribution in [2.24, 2.45) is 0 Å². The normalized spacial score (nSPS) is 10.9. The van der Waals surface area contributed by atoms with E-state index in [4.69, 9.17) is 4.42 Å². The van der Waals surface area contributed by atoms with E-state index in [2.05, 4.69) is 0 Å². The van der Waals surface area contributed by atoms with E-state index in [1.165, 1.54) is 12.1 Å². The first-order chi connectivity index (χ1) is 10.0. The van der Waals surface area contributed by atoms with Crippen molar-refractivity contribution >= 4 is 11.0 Å². The predicted molar refractivity (Wildman–Crippen MR) is 77.7 cm³/mol. The Hall–Kier alpha value is -2.95. The van der Waals surface area contributed by atoms with Crippen LogP contribution in [-0.2, 0) is 0 Å². The van der Waals surface area contributed by atoms with Gasteiger partial charge < -0.3 is 19.7 Å². The van der Waals surface area contributed by atoms with Gasteiger partial charge in [-0.05, 0) is 30.7 Å². The van der Waals surface area contributed by atoms with E-state index < -0.39 is 16.9 Å². The zero-order valence-corrected chi connectivity index (χ0v) is 11.1. The van der Waals surface area contributed by atoms with Crippen molar-refractivity contribution in [3.8, 4) is 28.6 Å². The first kappa shape index (κ1) is 13.1. The summed E-state index contributed by atoms with van der Waals surface area (Å²) >= 11 is 0. The zero-order chi connectivity index (χ0) is 15.1. The van der Waals surface area contributed by atoms with Crippen LogP contribution in [0, 0.1) is 6.92 Å². The van der Waals surface area contributed by atoms with Crippen molar-refractivity contribution in [1.82, 2.24) is 0 Å². The summed E-state index contributed by atoms with van der Waals surface area (Å²) in [6, 6.07) is 9.50. The Morgan fingerprint density at radius 3 is 2.38 bits per heavy atom. The highest BCUT2D eigenvalue weighted by molar-refractivity contribution is 5.83. The third kappa shape index (κ3) is 1.90. The minimum Gasteiger partial charge on any atom is -0.504 e. The smallest absolute Gasteiger partial charge is 0.235 e. The van der Waals surface area contributed by atoms with Gasteiger partial charge in [0, 0.05) is 0 Å². The fourth-order valence-electron chi connectivity index (χ4n) is 2.18. The Morgan fingerprint density at radius 1 is 0.905 bits per heavy atom. The molecule has 0 bridgehead atoms. The summed E-state index contributed by atoms with van der Waals surface area (Å²) in [6.07, 6.45) is 0. The van der Waals surface area contributed by atoms with E-state index in [9.17, 15) is 20.1 Å². The highest BCUT2D eigenvalue weighted by Crippen LogP contribution is 2.41. The monoisotopic (exact) mass is 284 g/mol. The van der Waals surface area contributed by atoms with E-state index in [1.54, 1.807) is 31.2 Å². The van der Waals surface area contributed by atoms with Gasteiger partial charge in [0.05, 0.1) is 10.9 Å². The summed E-state index contributed by atoms with van der Waals surface area (Å²) in [5, 5.41) is 30.0. The van der Waals surface area contributed by atoms with Gasteiger partial charge in [0.15, 0.2) is 17.3 Å². The topological polar surface area (TPSA) is 90.9 Å². The Morgan fingerprint density at radius 2 is 1.62 bits per heavy atom. The van der Waals surface area contributed by atoms with Crippen LogP contribution >= 0.6 is 0 Å². The summed E-state index contributed by atoms with van der Waals surface area (Å²) < 4.78 is 5.51. The minimum atomic E-state index is -0.604. The second kappa shape index (κ2) is 4.56. The maximum Gasteiger partial charge on any atom is 0.235 e. The number of para-hydroxylation sites is 1. The summed E-state index contributed by atoms with van der Waals surface area (Å²) in [6.45, 7) is 1.62. The van der Waals surface area contributed by atoms with Gasteiger partial charge in [0.2, 0.25) is 11.2 Å². The standard InChI is InChI=1S/C16H12O5/c1-8-6-7-10(14(19)12(8)17)16-15(20)13(18)9-4-2-3-5-11(9)21-16/h2-7,17,19-20H,1H3. The highest BCUT2D eigenvalue weighted by atomic mass is 16.4. The molecule has 0 radical (unpaired) electrons. The van der Waals surface area contributed by atoms with Gasteiger partial charge >= 0.3 is 0 Å². The molecule has 0 aliphatic carbocycles. The van der Waals surface area contributed by atoms with Crippen molar-refractivity contribution in [2.45, 2.75) is 6.92 Å². The van der Waals surface area contributed by atoms with Crippen LogP contribution in [0.4, 0.5) is 0 Å². The summed E-state index contributed by atoms with van der Waals surface area (Å²) in [5.41, 5.74) is 0.221. The molecule has 5 nitrogen and oxygen atoms in total. The first-order valence-corrected chi connectivity index (χ1v) is 6.27. The molecular formula is C16H12O5. The Bertz CT molecular complexity index is 908. The molecule has 0 spiro atoms. The number of phenolic OH excluding ortho intramolecular Hbond substituents is 2. The molecule has 106 valence electrons. The van der Waals surface area contributed by atoms with Crippen molar-refractivity contribution in [3.63, 3.8) is 0 Å². The first-order valence-electron chi connectivity index (χ1n) is 6.27. The Balaban J connectivity index is 2.39. The molecule has 1 aromatic heterocycles.